The Kier molecular flexibility index (Phi) is 14.1. The fourth-order valence-electron chi connectivity index (χ4n) is 2.60. The number of hydrogen-bond acceptors (Lipinski definition) is 3. The van der Waals surface area contributed by atoms with Crippen LogP contribution in [0.3, 0.4) is 0 Å². The van der Waals surface area contributed by atoms with Gasteiger partial charge < -0.3 is 14.4 Å². The van der Waals surface area contributed by atoms with Crippen LogP contribution in [0.5, 0.6) is 5.75 Å². The van der Waals surface area contributed by atoms with Crippen LogP contribution in [-0.4, -0.2) is 44.1 Å². The van der Waals surface area contributed by atoms with Crippen molar-refractivity contribution in [2.24, 2.45) is 0 Å². The highest BCUT2D eigenvalue weighted by atomic mass is 79.9. The van der Waals surface area contributed by atoms with Crippen LogP contribution < -0.4 is 4.74 Å². The molecule has 0 aliphatic rings. The zero-order valence-electron chi connectivity index (χ0n) is 16.1. The van der Waals surface area contributed by atoms with E-state index in [2.05, 4.69) is 59.2 Å². The summed E-state index contributed by atoms with van der Waals surface area (Å²) in [5.74, 6) is 0.965. The second-order valence-electron chi connectivity index (χ2n) is 6.87. The first-order valence-corrected chi connectivity index (χ1v) is 10.8. The van der Waals surface area contributed by atoms with Gasteiger partial charge in [0.1, 0.15) is 5.75 Å². The Hall–Kier alpha value is -0.580. The molecule has 144 valence electrons. The zero-order valence-corrected chi connectivity index (χ0v) is 17.7. The molecule has 4 heteroatoms. The van der Waals surface area contributed by atoms with Gasteiger partial charge in [0.25, 0.3) is 0 Å². The van der Waals surface area contributed by atoms with Crippen molar-refractivity contribution in [2.45, 2.75) is 58.0 Å². The number of unbranched alkanes of at least 4 members (excludes halogenated alkanes) is 6. The first-order valence-electron chi connectivity index (χ1n) is 9.72. The van der Waals surface area contributed by atoms with Crippen LogP contribution in [0.15, 0.2) is 24.3 Å². The van der Waals surface area contributed by atoms with Gasteiger partial charge in [-0.25, -0.2) is 0 Å². The normalized spacial score (nSPS) is 11.2. The average Bonchev–Trinajstić information content (AvgIpc) is 2.61. The molecule has 0 fully saturated rings. The van der Waals surface area contributed by atoms with Crippen molar-refractivity contribution in [3.63, 3.8) is 0 Å². The molecule has 0 saturated heterocycles. The largest absolute Gasteiger partial charge is 0.494 e. The third-order valence-electron chi connectivity index (χ3n) is 4.13. The van der Waals surface area contributed by atoms with E-state index in [4.69, 9.17) is 9.47 Å². The standard InChI is InChI=1S/C21H36BrNO2/c1-23(2)16-8-4-6-10-18-25-21-13-11-20(12-14-21)19-24-17-9-5-3-7-15-22/h11-14H,3-10,15-19H2,1-2H3. The van der Waals surface area contributed by atoms with Gasteiger partial charge in [-0.05, 0) is 64.0 Å². The molecular weight excluding hydrogens is 378 g/mol. The van der Waals surface area contributed by atoms with Crippen molar-refractivity contribution in [3.05, 3.63) is 29.8 Å². The predicted octanol–water partition coefficient (Wildman–Crippen LogP) is 5.66. The molecule has 0 aliphatic heterocycles. The zero-order chi connectivity index (χ0) is 18.2. The van der Waals surface area contributed by atoms with Crippen molar-refractivity contribution >= 4 is 15.9 Å². The van der Waals surface area contributed by atoms with E-state index in [0.717, 1.165) is 37.1 Å². The summed E-state index contributed by atoms with van der Waals surface area (Å²) >= 11 is 3.46. The van der Waals surface area contributed by atoms with E-state index in [0.29, 0.717) is 6.61 Å². The molecule has 3 nitrogen and oxygen atoms in total. The fraction of sp³-hybridized carbons (Fsp3) is 0.714. The number of alkyl halides is 1. The van der Waals surface area contributed by atoms with Crippen LogP contribution >= 0.6 is 15.9 Å². The van der Waals surface area contributed by atoms with Gasteiger partial charge in [0.2, 0.25) is 0 Å². The number of nitrogens with zero attached hydrogens (tertiary/aromatic N) is 1. The summed E-state index contributed by atoms with van der Waals surface area (Å²) in [4.78, 5) is 2.24. The molecule has 0 unspecified atom stereocenters. The van der Waals surface area contributed by atoms with Gasteiger partial charge in [-0.1, -0.05) is 53.7 Å². The van der Waals surface area contributed by atoms with Crippen molar-refractivity contribution in [1.29, 1.82) is 0 Å². The summed E-state index contributed by atoms with van der Waals surface area (Å²) in [5, 5.41) is 1.11. The van der Waals surface area contributed by atoms with Crippen LogP contribution in [-0.2, 0) is 11.3 Å². The first-order chi connectivity index (χ1) is 12.2. The summed E-state index contributed by atoms with van der Waals surface area (Å²) in [5.41, 5.74) is 1.22. The van der Waals surface area contributed by atoms with Gasteiger partial charge in [-0.2, -0.15) is 0 Å². The molecule has 1 aromatic rings. The van der Waals surface area contributed by atoms with E-state index in [1.807, 2.05) is 0 Å². The minimum absolute atomic E-state index is 0.699. The smallest absolute Gasteiger partial charge is 0.119 e. The molecule has 0 atom stereocenters. The highest BCUT2D eigenvalue weighted by molar-refractivity contribution is 9.09. The molecule has 1 rings (SSSR count). The molecule has 0 radical (unpaired) electrons. The molecule has 0 spiro atoms. The summed E-state index contributed by atoms with van der Waals surface area (Å²) in [6, 6.07) is 8.33. The number of benzene rings is 1. The Morgan fingerprint density at radius 1 is 0.800 bits per heavy atom. The van der Waals surface area contributed by atoms with Gasteiger partial charge in [0.05, 0.1) is 13.2 Å². The number of halogens is 1. The summed E-state index contributed by atoms with van der Waals surface area (Å²) in [6.07, 6.45) is 9.90. The quantitative estimate of drug-likeness (QED) is 0.257. The van der Waals surface area contributed by atoms with Crippen LogP contribution in [0.25, 0.3) is 0 Å². The van der Waals surface area contributed by atoms with Crippen LogP contribution in [0.1, 0.15) is 56.9 Å². The molecule has 0 amide bonds. The monoisotopic (exact) mass is 413 g/mol. The molecule has 25 heavy (non-hydrogen) atoms. The summed E-state index contributed by atoms with van der Waals surface area (Å²) in [7, 11) is 4.26. The minimum Gasteiger partial charge on any atom is -0.494 e. The van der Waals surface area contributed by atoms with Crippen LogP contribution in [0.2, 0.25) is 0 Å². The second-order valence-corrected chi connectivity index (χ2v) is 7.66. The summed E-state index contributed by atoms with van der Waals surface area (Å²) in [6.45, 7) is 3.55. The molecule has 0 aromatic heterocycles. The molecule has 0 bridgehead atoms. The molecule has 0 aliphatic carbocycles. The van der Waals surface area contributed by atoms with Gasteiger partial charge in [0, 0.05) is 11.9 Å². The third kappa shape index (κ3) is 13.3. The third-order valence-corrected chi connectivity index (χ3v) is 4.69. The Bertz CT molecular complexity index is 409. The van der Waals surface area contributed by atoms with E-state index in [1.165, 1.54) is 50.6 Å². The first kappa shape index (κ1) is 22.5. The number of ether oxygens (including phenoxy) is 2. The molecule has 0 heterocycles. The molecular formula is C21H36BrNO2. The maximum Gasteiger partial charge on any atom is 0.119 e. The summed E-state index contributed by atoms with van der Waals surface area (Å²) < 4.78 is 11.6. The lowest BCUT2D eigenvalue weighted by Gasteiger charge is -2.09. The average molecular weight is 414 g/mol. The van der Waals surface area contributed by atoms with E-state index in [-0.39, 0.29) is 0 Å². The van der Waals surface area contributed by atoms with E-state index >= 15 is 0 Å². The number of rotatable bonds is 16. The van der Waals surface area contributed by atoms with Gasteiger partial charge in [-0.15, -0.1) is 0 Å². The van der Waals surface area contributed by atoms with Crippen molar-refractivity contribution < 1.29 is 9.47 Å². The Labute approximate surface area is 163 Å². The van der Waals surface area contributed by atoms with Crippen molar-refractivity contribution in [2.75, 3.05) is 39.2 Å². The second kappa shape index (κ2) is 15.7. The highest BCUT2D eigenvalue weighted by Crippen LogP contribution is 2.14. The van der Waals surface area contributed by atoms with Gasteiger partial charge >= 0.3 is 0 Å². The lowest BCUT2D eigenvalue weighted by Crippen LogP contribution is -2.12. The van der Waals surface area contributed by atoms with Gasteiger partial charge in [-0.3, -0.25) is 0 Å². The van der Waals surface area contributed by atoms with Gasteiger partial charge in [0.15, 0.2) is 0 Å². The number of hydrogen-bond donors (Lipinski definition) is 0. The minimum atomic E-state index is 0.699. The molecule has 0 saturated carbocycles. The van der Waals surface area contributed by atoms with E-state index in [1.54, 1.807) is 0 Å². The van der Waals surface area contributed by atoms with E-state index < -0.39 is 0 Å². The fourth-order valence-corrected chi connectivity index (χ4v) is 2.99. The van der Waals surface area contributed by atoms with Crippen LogP contribution in [0, 0.1) is 0 Å². The SMILES string of the molecule is CN(C)CCCCCCOc1ccc(COCCCCCCBr)cc1. The maximum atomic E-state index is 5.81. The van der Waals surface area contributed by atoms with Crippen LogP contribution in [0.4, 0.5) is 0 Å². The Balaban J connectivity index is 2.01. The molecule has 1 aromatic carbocycles. The van der Waals surface area contributed by atoms with Crippen molar-refractivity contribution in [1.82, 2.24) is 4.90 Å². The highest BCUT2D eigenvalue weighted by Gasteiger charge is 1.98. The Morgan fingerprint density at radius 2 is 1.44 bits per heavy atom. The molecule has 0 N–H and O–H groups in total. The Morgan fingerprint density at radius 3 is 2.12 bits per heavy atom. The van der Waals surface area contributed by atoms with E-state index in [9.17, 15) is 0 Å². The van der Waals surface area contributed by atoms with Crippen molar-refractivity contribution in [3.8, 4) is 5.75 Å². The predicted molar refractivity (Wildman–Crippen MR) is 111 cm³/mol. The lowest BCUT2D eigenvalue weighted by atomic mass is 10.2. The topological polar surface area (TPSA) is 21.7 Å². The lowest BCUT2D eigenvalue weighted by molar-refractivity contribution is 0.117. The maximum absolute atomic E-state index is 5.81.